The van der Waals surface area contributed by atoms with E-state index in [0.29, 0.717) is 33.6 Å². The third-order valence-electron chi connectivity index (χ3n) is 3.16. The summed E-state index contributed by atoms with van der Waals surface area (Å²) in [6.45, 7) is 5.20. The highest BCUT2D eigenvalue weighted by molar-refractivity contribution is 14.1. The zero-order valence-electron chi connectivity index (χ0n) is 12.8. The van der Waals surface area contributed by atoms with Crippen LogP contribution in [0, 0.1) is 3.57 Å². The van der Waals surface area contributed by atoms with Gasteiger partial charge in [-0.25, -0.2) is 9.97 Å². The fourth-order valence-corrected chi connectivity index (χ4v) is 2.59. The van der Waals surface area contributed by atoms with Crippen LogP contribution in [0.2, 0.25) is 0 Å². The van der Waals surface area contributed by atoms with Gasteiger partial charge in [-0.1, -0.05) is 26.7 Å². The molecule has 0 fully saturated rings. The molecule has 0 spiro atoms. The Bertz CT molecular complexity index is 688. The van der Waals surface area contributed by atoms with E-state index < -0.39 is 0 Å². The molecule has 2 rings (SSSR count). The molecule has 0 N–H and O–H groups in total. The Morgan fingerprint density at radius 2 is 1.95 bits per heavy atom. The second-order valence-corrected chi connectivity index (χ2v) is 5.97. The fourth-order valence-electron chi connectivity index (χ4n) is 1.93. The highest BCUT2D eigenvalue weighted by Gasteiger charge is 2.18. The number of fused-ring (bicyclic) bond motifs is 1. The van der Waals surface area contributed by atoms with Crippen LogP contribution in [0.15, 0.2) is 17.3 Å². The molecule has 0 bridgehead atoms. The summed E-state index contributed by atoms with van der Waals surface area (Å²) in [5.74, 6) is 0.546. The maximum atomic E-state index is 12.5. The Labute approximate surface area is 143 Å². The molecule has 0 saturated heterocycles. The van der Waals surface area contributed by atoms with Gasteiger partial charge in [-0.2, -0.15) is 0 Å². The standard InChI is InChI=1S/C15H20IN3O3/c1-3-5-7-21-13-11-9-17-10-18-14(11)19(15(20)12(13)16)22-8-6-4-2/h9-10H,3-8H2,1-2H3. The van der Waals surface area contributed by atoms with Crippen molar-refractivity contribution in [3.8, 4) is 5.75 Å². The number of halogens is 1. The van der Waals surface area contributed by atoms with E-state index >= 15 is 0 Å². The summed E-state index contributed by atoms with van der Waals surface area (Å²) in [5, 5.41) is 0.694. The third kappa shape index (κ3) is 3.68. The van der Waals surface area contributed by atoms with Gasteiger partial charge in [0.25, 0.3) is 0 Å². The summed E-state index contributed by atoms with van der Waals surface area (Å²) >= 11 is 2.00. The number of aromatic nitrogens is 3. The maximum absolute atomic E-state index is 12.5. The molecule has 0 saturated carbocycles. The molecule has 6 nitrogen and oxygen atoms in total. The number of hydrogen-bond acceptors (Lipinski definition) is 5. The minimum atomic E-state index is -0.241. The molecule has 0 aliphatic carbocycles. The van der Waals surface area contributed by atoms with Crippen LogP contribution in [0.4, 0.5) is 0 Å². The van der Waals surface area contributed by atoms with Crippen molar-refractivity contribution < 1.29 is 9.57 Å². The van der Waals surface area contributed by atoms with Gasteiger partial charge in [-0.05, 0) is 35.4 Å². The van der Waals surface area contributed by atoms with Crippen molar-refractivity contribution in [1.29, 1.82) is 0 Å². The lowest BCUT2D eigenvalue weighted by Gasteiger charge is -2.15. The molecule has 0 unspecified atom stereocenters. The van der Waals surface area contributed by atoms with Gasteiger partial charge in [0.1, 0.15) is 16.5 Å². The van der Waals surface area contributed by atoms with Gasteiger partial charge in [-0.3, -0.25) is 4.79 Å². The topological polar surface area (TPSA) is 66.2 Å². The number of unbranched alkanes of at least 4 members (excludes halogenated alkanes) is 2. The van der Waals surface area contributed by atoms with E-state index in [1.807, 2.05) is 22.6 Å². The summed E-state index contributed by atoms with van der Waals surface area (Å²) in [7, 11) is 0. The largest absolute Gasteiger partial charge is 0.491 e. The van der Waals surface area contributed by atoms with Gasteiger partial charge in [-0.15, -0.1) is 4.73 Å². The van der Waals surface area contributed by atoms with Gasteiger partial charge >= 0.3 is 5.56 Å². The predicted molar refractivity (Wildman–Crippen MR) is 93.3 cm³/mol. The van der Waals surface area contributed by atoms with E-state index in [4.69, 9.17) is 9.57 Å². The van der Waals surface area contributed by atoms with Gasteiger partial charge in [0.2, 0.25) is 0 Å². The lowest BCUT2D eigenvalue weighted by Crippen LogP contribution is -2.31. The van der Waals surface area contributed by atoms with Crippen LogP contribution in [-0.2, 0) is 0 Å². The number of nitrogens with zero attached hydrogens (tertiary/aromatic N) is 3. The lowest BCUT2D eigenvalue weighted by atomic mass is 10.3. The van der Waals surface area contributed by atoms with Crippen LogP contribution in [0.1, 0.15) is 39.5 Å². The van der Waals surface area contributed by atoms with Gasteiger partial charge in [0.15, 0.2) is 11.4 Å². The van der Waals surface area contributed by atoms with Crippen molar-refractivity contribution in [3.63, 3.8) is 0 Å². The molecular weight excluding hydrogens is 397 g/mol. The second-order valence-electron chi connectivity index (χ2n) is 4.89. The van der Waals surface area contributed by atoms with E-state index in [0.717, 1.165) is 25.7 Å². The summed E-state index contributed by atoms with van der Waals surface area (Å²) in [4.78, 5) is 26.4. The Hall–Kier alpha value is -1.38. The van der Waals surface area contributed by atoms with Crippen molar-refractivity contribution in [2.24, 2.45) is 0 Å². The molecule has 2 aromatic heterocycles. The molecule has 2 aromatic rings. The van der Waals surface area contributed by atoms with E-state index in [2.05, 4.69) is 23.8 Å². The first-order valence-corrected chi connectivity index (χ1v) is 8.58. The Morgan fingerprint density at radius 3 is 2.68 bits per heavy atom. The molecule has 0 aliphatic rings. The monoisotopic (exact) mass is 417 g/mol. The van der Waals surface area contributed by atoms with E-state index in [9.17, 15) is 4.79 Å². The Balaban J connectivity index is 2.47. The van der Waals surface area contributed by atoms with Crippen LogP contribution in [0.3, 0.4) is 0 Å². The summed E-state index contributed by atoms with van der Waals surface area (Å²) in [6.07, 6.45) is 6.90. The maximum Gasteiger partial charge on any atom is 0.302 e. The third-order valence-corrected chi connectivity index (χ3v) is 4.11. The molecule has 22 heavy (non-hydrogen) atoms. The number of ether oxygens (including phenoxy) is 1. The number of hydrogen-bond donors (Lipinski definition) is 0. The van der Waals surface area contributed by atoms with Crippen LogP contribution in [0.25, 0.3) is 11.0 Å². The van der Waals surface area contributed by atoms with E-state index in [1.165, 1.54) is 11.1 Å². The van der Waals surface area contributed by atoms with Gasteiger partial charge in [0, 0.05) is 6.20 Å². The molecule has 120 valence electrons. The van der Waals surface area contributed by atoms with Crippen molar-refractivity contribution in [2.75, 3.05) is 13.2 Å². The zero-order chi connectivity index (χ0) is 15.9. The molecule has 0 aromatic carbocycles. The summed E-state index contributed by atoms with van der Waals surface area (Å²) in [5.41, 5.74) is 0.206. The molecule has 7 heteroatoms. The zero-order valence-corrected chi connectivity index (χ0v) is 15.0. The quantitative estimate of drug-likeness (QED) is 0.488. The van der Waals surface area contributed by atoms with Crippen molar-refractivity contribution in [2.45, 2.75) is 39.5 Å². The lowest BCUT2D eigenvalue weighted by molar-refractivity contribution is 0.107. The van der Waals surface area contributed by atoms with Crippen LogP contribution < -0.4 is 15.1 Å². The first kappa shape index (κ1) is 17.0. The van der Waals surface area contributed by atoms with Crippen molar-refractivity contribution in [3.05, 3.63) is 26.4 Å². The fraction of sp³-hybridized carbons (Fsp3) is 0.533. The van der Waals surface area contributed by atoms with Crippen molar-refractivity contribution in [1.82, 2.24) is 14.7 Å². The first-order valence-electron chi connectivity index (χ1n) is 7.51. The second kappa shape index (κ2) is 8.30. The van der Waals surface area contributed by atoms with Crippen molar-refractivity contribution >= 4 is 33.6 Å². The highest BCUT2D eigenvalue weighted by atomic mass is 127. The molecule has 0 amide bonds. The van der Waals surface area contributed by atoms with Gasteiger partial charge in [0.05, 0.1) is 12.0 Å². The smallest absolute Gasteiger partial charge is 0.302 e. The number of rotatable bonds is 8. The minimum Gasteiger partial charge on any atom is -0.491 e. The highest BCUT2D eigenvalue weighted by Crippen LogP contribution is 2.26. The SMILES string of the molecule is CCCCOc1c(I)c(=O)n(OCCCC)c2ncncc12. The minimum absolute atomic E-state index is 0.241. The normalized spacial score (nSPS) is 10.9. The van der Waals surface area contributed by atoms with Crippen LogP contribution >= 0.6 is 22.6 Å². The molecule has 0 aliphatic heterocycles. The average molecular weight is 417 g/mol. The van der Waals surface area contributed by atoms with E-state index in [-0.39, 0.29) is 5.56 Å². The summed E-state index contributed by atoms with van der Waals surface area (Å²) in [6, 6.07) is 0. The molecule has 0 atom stereocenters. The molecular formula is C15H20IN3O3. The first-order chi connectivity index (χ1) is 10.7. The van der Waals surface area contributed by atoms with Crippen LogP contribution in [0.5, 0.6) is 5.75 Å². The Kier molecular flexibility index (Phi) is 6.41. The van der Waals surface area contributed by atoms with E-state index in [1.54, 1.807) is 6.20 Å². The average Bonchev–Trinajstić information content (AvgIpc) is 2.54. The Morgan fingerprint density at radius 1 is 1.23 bits per heavy atom. The van der Waals surface area contributed by atoms with Gasteiger partial charge < -0.3 is 9.57 Å². The predicted octanol–water partition coefficient (Wildman–Crippen LogP) is 2.80. The number of pyridine rings is 1. The summed E-state index contributed by atoms with van der Waals surface area (Å²) < 4.78 is 7.54. The molecule has 2 heterocycles. The molecule has 0 radical (unpaired) electrons. The van der Waals surface area contributed by atoms with Crippen LogP contribution in [-0.4, -0.2) is 27.9 Å².